The molecule has 0 aliphatic carbocycles. The van der Waals surface area contributed by atoms with Crippen LogP contribution in [0.5, 0.6) is 0 Å². The first-order chi connectivity index (χ1) is 9.61. The third-order valence-electron chi connectivity index (χ3n) is 2.69. The molecule has 0 amide bonds. The zero-order chi connectivity index (χ0) is 15.2. The summed E-state index contributed by atoms with van der Waals surface area (Å²) in [4.78, 5) is 10.5. The molecule has 0 aromatic heterocycles. The quantitative estimate of drug-likeness (QED) is 0.338. The van der Waals surface area contributed by atoms with Crippen LogP contribution in [0.1, 0.15) is 46.0 Å². The fourth-order valence-corrected chi connectivity index (χ4v) is 1.55. The summed E-state index contributed by atoms with van der Waals surface area (Å²) in [6, 6.07) is 1.64. The van der Waals surface area contributed by atoms with Crippen LogP contribution in [-0.4, -0.2) is 37.0 Å². The van der Waals surface area contributed by atoms with Gasteiger partial charge in [-0.25, -0.2) is 4.79 Å². The Morgan fingerprint density at radius 1 is 1.35 bits per heavy atom. The minimum absolute atomic E-state index is 0.0797. The first kappa shape index (κ1) is 18.6. The molecule has 1 atom stereocenters. The first-order valence-electron chi connectivity index (χ1n) is 7.14. The van der Waals surface area contributed by atoms with E-state index in [1.807, 2.05) is 6.92 Å². The van der Waals surface area contributed by atoms with Gasteiger partial charge >= 0.3 is 5.97 Å². The monoisotopic (exact) mass is 283 g/mol. The Labute approximate surface area is 121 Å². The maximum absolute atomic E-state index is 10.5. The highest BCUT2D eigenvalue weighted by Gasteiger charge is 2.04. The van der Waals surface area contributed by atoms with Crippen LogP contribution in [0, 0.1) is 11.3 Å². The van der Waals surface area contributed by atoms with Gasteiger partial charge in [-0.2, -0.15) is 5.26 Å². The Bertz CT molecular complexity index is 333. The van der Waals surface area contributed by atoms with E-state index in [1.165, 1.54) is 18.9 Å². The summed E-state index contributed by atoms with van der Waals surface area (Å²) in [5, 5.41) is 17.2. The van der Waals surface area contributed by atoms with Crippen molar-refractivity contribution < 1.29 is 19.4 Å². The summed E-state index contributed by atoms with van der Waals surface area (Å²) in [6.07, 6.45) is 6.18. The molecule has 0 aliphatic rings. The van der Waals surface area contributed by atoms with E-state index < -0.39 is 5.97 Å². The van der Waals surface area contributed by atoms with E-state index in [0.717, 1.165) is 13.0 Å². The molecule has 0 saturated carbocycles. The van der Waals surface area contributed by atoms with Crippen molar-refractivity contribution >= 4 is 5.97 Å². The Morgan fingerprint density at radius 2 is 2.10 bits per heavy atom. The molecule has 0 saturated heterocycles. The van der Waals surface area contributed by atoms with Crippen LogP contribution >= 0.6 is 0 Å². The molecular formula is C15H25NO4. The topological polar surface area (TPSA) is 79.5 Å². The third kappa shape index (κ3) is 10.5. The fraction of sp³-hybridized carbons (Fsp3) is 0.733. The summed E-state index contributed by atoms with van der Waals surface area (Å²) in [5.74, 6) is -1.18. The molecule has 0 spiro atoms. The molecule has 0 aromatic carbocycles. The number of nitrogens with zero attached hydrogens (tertiary/aromatic N) is 1. The highest BCUT2D eigenvalue weighted by Crippen LogP contribution is 2.01. The molecule has 5 nitrogen and oxygen atoms in total. The number of rotatable bonds is 12. The van der Waals surface area contributed by atoms with Crippen molar-refractivity contribution in [1.29, 1.82) is 5.26 Å². The van der Waals surface area contributed by atoms with Gasteiger partial charge in [-0.15, -0.1) is 0 Å². The number of hydrogen-bond donors (Lipinski definition) is 1. The van der Waals surface area contributed by atoms with Crippen LogP contribution in [-0.2, 0) is 14.3 Å². The third-order valence-corrected chi connectivity index (χ3v) is 2.69. The zero-order valence-electron chi connectivity index (χ0n) is 12.4. The number of hydrogen-bond acceptors (Lipinski definition) is 4. The maximum atomic E-state index is 10.5. The maximum Gasteiger partial charge on any atom is 0.346 e. The molecule has 1 unspecified atom stereocenters. The lowest BCUT2D eigenvalue weighted by Crippen LogP contribution is -2.17. The first-order valence-corrected chi connectivity index (χ1v) is 7.14. The van der Waals surface area contributed by atoms with Crippen molar-refractivity contribution in [3.63, 3.8) is 0 Å². The minimum Gasteiger partial charge on any atom is -0.477 e. The normalized spacial score (nSPS) is 12.9. The van der Waals surface area contributed by atoms with Gasteiger partial charge in [-0.05, 0) is 26.2 Å². The average Bonchev–Trinajstić information content (AvgIpc) is 2.42. The van der Waals surface area contributed by atoms with E-state index in [2.05, 4.69) is 6.92 Å². The molecule has 114 valence electrons. The lowest BCUT2D eigenvalue weighted by Gasteiger charge is -2.13. The molecule has 0 heterocycles. The van der Waals surface area contributed by atoms with Crippen molar-refractivity contribution in [1.82, 2.24) is 0 Å². The highest BCUT2D eigenvalue weighted by molar-refractivity contribution is 5.90. The van der Waals surface area contributed by atoms with E-state index in [1.54, 1.807) is 6.07 Å². The molecule has 20 heavy (non-hydrogen) atoms. The summed E-state index contributed by atoms with van der Waals surface area (Å²) < 4.78 is 11.0. The molecule has 0 fully saturated rings. The van der Waals surface area contributed by atoms with Gasteiger partial charge < -0.3 is 14.6 Å². The predicted octanol–water partition coefficient (Wildman–Crippen LogP) is 2.91. The Hall–Kier alpha value is -1.38. The number of carboxylic acids is 1. The summed E-state index contributed by atoms with van der Waals surface area (Å²) >= 11 is 0. The van der Waals surface area contributed by atoms with Crippen LogP contribution in [0.3, 0.4) is 0 Å². The van der Waals surface area contributed by atoms with Gasteiger partial charge in [-0.3, -0.25) is 0 Å². The van der Waals surface area contributed by atoms with Crippen LogP contribution < -0.4 is 0 Å². The lowest BCUT2D eigenvalue weighted by atomic mass is 10.2. The minimum atomic E-state index is -1.18. The Morgan fingerprint density at radius 3 is 2.70 bits per heavy atom. The van der Waals surface area contributed by atoms with Gasteiger partial charge in [0.1, 0.15) is 11.6 Å². The van der Waals surface area contributed by atoms with Crippen LogP contribution in [0.2, 0.25) is 0 Å². The number of aliphatic carboxylic acids is 1. The van der Waals surface area contributed by atoms with Gasteiger partial charge in [0.15, 0.2) is 0 Å². The van der Waals surface area contributed by atoms with Gasteiger partial charge in [-0.1, -0.05) is 25.8 Å². The number of unbranched alkanes of at least 4 members (excludes halogenated alkanes) is 3. The Balaban J connectivity index is 3.52. The van der Waals surface area contributed by atoms with Crippen LogP contribution in [0.15, 0.2) is 11.6 Å². The van der Waals surface area contributed by atoms with E-state index in [9.17, 15) is 4.79 Å². The van der Waals surface area contributed by atoms with Crippen molar-refractivity contribution in [3.05, 3.63) is 11.6 Å². The molecule has 0 aromatic rings. The van der Waals surface area contributed by atoms with Crippen molar-refractivity contribution in [2.45, 2.75) is 52.1 Å². The number of carbonyl (C=O) groups is 1. The van der Waals surface area contributed by atoms with Gasteiger partial charge in [0, 0.05) is 13.2 Å². The molecule has 0 bridgehead atoms. The summed E-state index contributed by atoms with van der Waals surface area (Å²) in [6.45, 7) is 5.98. The SMILES string of the molecule is CCCCCOC(C)COCCCC=C(C#N)C(=O)O. The molecule has 0 radical (unpaired) electrons. The predicted molar refractivity (Wildman–Crippen MR) is 76.3 cm³/mol. The van der Waals surface area contributed by atoms with E-state index >= 15 is 0 Å². The largest absolute Gasteiger partial charge is 0.477 e. The Kier molecular flexibility index (Phi) is 11.8. The molecule has 0 aliphatic heterocycles. The number of carboxylic acid groups (broad SMARTS) is 1. The second-order valence-electron chi connectivity index (χ2n) is 4.64. The van der Waals surface area contributed by atoms with Gasteiger partial charge in [0.2, 0.25) is 0 Å². The van der Waals surface area contributed by atoms with E-state index in [-0.39, 0.29) is 11.7 Å². The average molecular weight is 283 g/mol. The van der Waals surface area contributed by atoms with Gasteiger partial charge in [0.05, 0.1) is 12.7 Å². The molecule has 0 rings (SSSR count). The fourth-order valence-electron chi connectivity index (χ4n) is 1.55. The number of ether oxygens (including phenoxy) is 2. The summed E-state index contributed by atoms with van der Waals surface area (Å²) in [5.41, 5.74) is -0.211. The molecule has 1 N–H and O–H groups in total. The number of allylic oxidation sites excluding steroid dienone is 1. The van der Waals surface area contributed by atoms with Crippen LogP contribution in [0.4, 0.5) is 0 Å². The van der Waals surface area contributed by atoms with E-state index in [4.69, 9.17) is 19.8 Å². The van der Waals surface area contributed by atoms with Gasteiger partial charge in [0.25, 0.3) is 0 Å². The standard InChI is InChI=1S/C15H25NO4/c1-3-4-6-10-20-13(2)12-19-9-7-5-8-14(11-16)15(17)18/h8,13H,3-7,9-10,12H2,1-2H3,(H,17,18). The second kappa shape index (κ2) is 12.6. The summed E-state index contributed by atoms with van der Waals surface area (Å²) in [7, 11) is 0. The smallest absolute Gasteiger partial charge is 0.346 e. The lowest BCUT2D eigenvalue weighted by molar-refractivity contribution is -0.132. The van der Waals surface area contributed by atoms with Crippen molar-refractivity contribution in [2.24, 2.45) is 0 Å². The second-order valence-corrected chi connectivity index (χ2v) is 4.64. The van der Waals surface area contributed by atoms with E-state index in [0.29, 0.717) is 26.1 Å². The highest BCUT2D eigenvalue weighted by atomic mass is 16.5. The zero-order valence-corrected chi connectivity index (χ0v) is 12.4. The number of nitriles is 1. The molecule has 5 heteroatoms. The van der Waals surface area contributed by atoms with Crippen molar-refractivity contribution in [3.8, 4) is 6.07 Å². The van der Waals surface area contributed by atoms with Crippen LogP contribution in [0.25, 0.3) is 0 Å². The van der Waals surface area contributed by atoms with Crippen molar-refractivity contribution in [2.75, 3.05) is 19.8 Å². The molecular weight excluding hydrogens is 258 g/mol.